The van der Waals surface area contributed by atoms with E-state index >= 15 is 0 Å². The minimum absolute atomic E-state index is 0.590. The maximum atomic E-state index is 10.4. The summed E-state index contributed by atoms with van der Waals surface area (Å²) in [6.07, 6.45) is 0. The molecule has 0 spiro atoms. The Bertz CT molecular complexity index is 3250. The standard InChI is InChI=1S/C45H22N4S2/c1-47-30-9-5-7-26(21-30)27-13-19-41-37(22-27)34-16-17-35-38-23-28(14-20-42(38)51-45(35)44(34)50-41)32-11-6-8-29(25-46)43(32)49-39-12-4-3-10-33(39)36-24-31(48-2)15-18-40(36)49/h3-24H. The van der Waals surface area contributed by atoms with Crippen LogP contribution in [0.15, 0.2) is 133 Å². The first-order valence-electron chi connectivity index (χ1n) is 16.4. The lowest BCUT2D eigenvalue weighted by atomic mass is 9.98. The van der Waals surface area contributed by atoms with Gasteiger partial charge in [0.15, 0.2) is 11.4 Å². The highest BCUT2D eigenvalue weighted by molar-refractivity contribution is 7.33. The lowest BCUT2D eigenvalue weighted by Gasteiger charge is -2.16. The fourth-order valence-electron chi connectivity index (χ4n) is 7.55. The van der Waals surface area contributed by atoms with Gasteiger partial charge in [-0.25, -0.2) is 9.69 Å². The van der Waals surface area contributed by atoms with Gasteiger partial charge in [-0.1, -0.05) is 78.9 Å². The summed E-state index contributed by atoms with van der Waals surface area (Å²) in [5.74, 6) is 0. The summed E-state index contributed by atoms with van der Waals surface area (Å²) in [6, 6.07) is 48.1. The number of nitriles is 1. The second kappa shape index (κ2) is 11.1. The van der Waals surface area contributed by atoms with Gasteiger partial charge in [0.05, 0.1) is 44.8 Å². The number of aromatic nitrogens is 1. The summed E-state index contributed by atoms with van der Waals surface area (Å²) in [4.78, 5) is 7.32. The SMILES string of the molecule is [C-]#[N+]c1cccc(-c2ccc3sc4c(ccc5c6cc(-c7cccc(C#N)c7-n7c8ccccc8c8cc([N+]#[C-])ccc87)ccc6sc54)c3c2)c1. The predicted octanol–water partition coefficient (Wildman–Crippen LogP) is 13.8. The molecule has 10 rings (SSSR count). The molecule has 0 bridgehead atoms. The zero-order valence-electron chi connectivity index (χ0n) is 26.8. The van der Waals surface area contributed by atoms with Gasteiger partial charge in [-0.3, -0.25) is 0 Å². The molecule has 0 N–H and O–H groups in total. The summed E-state index contributed by atoms with van der Waals surface area (Å²) < 4.78 is 7.22. The maximum absolute atomic E-state index is 10.4. The molecule has 234 valence electrons. The highest BCUT2D eigenvalue weighted by Gasteiger charge is 2.20. The average molecular weight is 683 g/mol. The molecule has 3 aromatic heterocycles. The van der Waals surface area contributed by atoms with E-state index in [1.807, 2.05) is 83.3 Å². The molecule has 7 aromatic carbocycles. The topological polar surface area (TPSA) is 37.4 Å². The smallest absolute Gasteiger partial charge is 0.188 e. The monoisotopic (exact) mass is 682 g/mol. The van der Waals surface area contributed by atoms with Crippen molar-refractivity contribution in [3.8, 4) is 34.0 Å². The Labute approximate surface area is 300 Å². The number of benzene rings is 7. The molecule has 0 saturated carbocycles. The molecule has 0 aliphatic carbocycles. The van der Waals surface area contributed by atoms with E-state index in [0.29, 0.717) is 16.9 Å². The first-order chi connectivity index (χ1) is 25.1. The number of hydrogen-bond donors (Lipinski definition) is 0. The van der Waals surface area contributed by atoms with Crippen LogP contribution in [0.2, 0.25) is 0 Å². The van der Waals surface area contributed by atoms with E-state index in [4.69, 9.17) is 13.1 Å². The summed E-state index contributed by atoms with van der Waals surface area (Å²) in [5, 5.41) is 17.4. The lowest BCUT2D eigenvalue weighted by Crippen LogP contribution is -2.00. The number of nitrogens with zero attached hydrogens (tertiary/aromatic N) is 4. The second-order valence-electron chi connectivity index (χ2n) is 12.6. The van der Waals surface area contributed by atoms with Gasteiger partial charge in [0, 0.05) is 41.9 Å². The molecular weight excluding hydrogens is 661 g/mol. The number of rotatable bonds is 3. The first-order valence-corrected chi connectivity index (χ1v) is 18.0. The number of thiophene rings is 2. The van der Waals surface area contributed by atoms with E-state index in [1.54, 1.807) is 0 Å². The first kappa shape index (κ1) is 29.2. The van der Waals surface area contributed by atoms with Crippen molar-refractivity contribution in [1.82, 2.24) is 4.57 Å². The Morgan fingerprint density at radius 1 is 0.510 bits per heavy atom. The van der Waals surface area contributed by atoms with Gasteiger partial charge in [0.2, 0.25) is 0 Å². The molecule has 0 amide bonds. The van der Waals surface area contributed by atoms with Gasteiger partial charge in [-0.05, 0) is 76.7 Å². The largest absolute Gasteiger partial charge is 0.307 e. The van der Waals surface area contributed by atoms with E-state index in [0.717, 1.165) is 49.7 Å². The lowest BCUT2D eigenvalue weighted by molar-refractivity contribution is 1.17. The van der Waals surface area contributed by atoms with Gasteiger partial charge in [-0.2, -0.15) is 5.26 Å². The summed E-state index contributed by atoms with van der Waals surface area (Å²) in [7, 11) is 0. The molecule has 0 unspecified atom stereocenters. The predicted molar refractivity (Wildman–Crippen MR) is 215 cm³/mol. The van der Waals surface area contributed by atoms with Crippen molar-refractivity contribution in [2.24, 2.45) is 0 Å². The molecule has 0 atom stereocenters. The zero-order chi connectivity index (χ0) is 34.2. The highest BCUT2D eigenvalue weighted by atomic mass is 32.1. The Morgan fingerprint density at radius 3 is 1.90 bits per heavy atom. The van der Waals surface area contributed by atoms with Crippen molar-refractivity contribution in [3.63, 3.8) is 0 Å². The van der Waals surface area contributed by atoms with E-state index in [2.05, 4.69) is 93.1 Å². The molecule has 0 aliphatic rings. The van der Waals surface area contributed by atoms with Crippen LogP contribution in [0.25, 0.3) is 99.8 Å². The Morgan fingerprint density at radius 2 is 1.16 bits per heavy atom. The molecule has 51 heavy (non-hydrogen) atoms. The summed E-state index contributed by atoms with van der Waals surface area (Å²) in [6.45, 7) is 15.1. The Kier molecular flexibility index (Phi) is 6.38. The van der Waals surface area contributed by atoms with Crippen molar-refractivity contribution < 1.29 is 0 Å². The molecule has 0 saturated heterocycles. The minimum atomic E-state index is 0.590. The van der Waals surface area contributed by atoms with Crippen LogP contribution >= 0.6 is 22.7 Å². The third-order valence-corrected chi connectivity index (χ3v) is 12.4. The maximum Gasteiger partial charge on any atom is 0.188 e. The van der Waals surface area contributed by atoms with Crippen LogP contribution in [0.5, 0.6) is 0 Å². The van der Waals surface area contributed by atoms with Crippen molar-refractivity contribution in [3.05, 3.63) is 162 Å². The minimum Gasteiger partial charge on any atom is -0.307 e. The second-order valence-corrected chi connectivity index (χ2v) is 14.7. The van der Waals surface area contributed by atoms with E-state index in [9.17, 15) is 5.26 Å². The van der Waals surface area contributed by atoms with Crippen molar-refractivity contribution >= 4 is 96.2 Å². The van der Waals surface area contributed by atoms with E-state index < -0.39 is 0 Å². The molecule has 0 radical (unpaired) electrons. The van der Waals surface area contributed by atoms with Crippen molar-refractivity contribution in [2.75, 3.05) is 0 Å². The van der Waals surface area contributed by atoms with Gasteiger partial charge in [0.25, 0.3) is 0 Å². The molecule has 0 aliphatic heterocycles. The third kappa shape index (κ3) is 4.34. The van der Waals surface area contributed by atoms with Crippen LogP contribution in [-0.2, 0) is 0 Å². The number of para-hydroxylation sites is 2. The number of fused-ring (bicyclic) bond motifs is 10. The van der Waals surface area contributed by atoms with Gasteiger partial charge >= 0.3 is 0 Å². The molecule has 4 nitrogen and oxygen atoms in total. The highest BCUT2D eigenvalue weighted by Crippen LogP contribution is 2.47. The average Bonchev–Trinajstić information content (AvgIpc) is 3.86. The quantitative estimate of drug-likeness (QED) is 0.171. The molecule has 3 heterocycles. The van der Waals surface area contributed by atoms with Crippen LogP contribution in [0, 0.1) is 24.5 Å². The van der Waals surface area contributed by atoms with Gasteiger partial charge in [-0.15, -0.1) is 22.7 Å². The van der Waals surface area contributed by atoms with Crippen molar-refractivity contribution in [2.45, 2.75) is 0 Å². The normalized spacial score (nSPS) is 11.5. The molecular formula is C45H22N4S2. The fourth-order valence-corrected chi connectivity index (χ4v) is 10.1. The van der Waals surface area contributed by atoms with E-state index in [1.165, 1.54) is 40.3 Å². The Balaban J connectivity index is 1.17. The van der Waals surface area contributed by atoms with Gasteiger partial charge in [0.1, 0.15) is 6.07 Å². The number of hydrogen-bond acceptors (Lipinski definition) is 3. The summed E-state index contributed by atoms with van der Waals surface area (Å²) >= 11 is 3.66. The Hall–Kier alpha value is -6.75. The van der Waals surface area contributed by atoms with Crippen LogP contribution in [0.3, 0.4) is 0 Å². The van der Waals surface area contributed by atoms with E-state index in [-0.39, 0.29) is 0 Å². The van der Waals surface area contributed by atoms with Crippen LogP contribution in [-0.4, -0.2) is 4.57 Å². The molecule has 0 fully saturated rings. The van der Waals surface area contributed by atoms with Crippen LogP contribution < -0.4 is 0 Å². The van der Waals surface area contributed by atoms with Crippen LogP contribution in [0.1, 0.15) is 5.56 Å². The summed E-state index contributed by atoms with van der Waals surface area (Å²) in [5.41, 5.74) is 8.80. The molecule has 6 heteroatoms. The van der Waals surface area contributed by atoms with Gasteiger partial charge < -0.3 is 4.57 Å². The zero-order valence-corrected chi connectivity index (χ0v) is 28.4. The van der Waals surface area contributed by atoms with Crippen LogP contribution in [0.4, 0.5) is 11.4 Å². The fraction of sp³-hybridized carbons (Fsp3) is 0. The third-order valence-electron chi connectivity index (χ3n) is 9.86. The molecule has 10 aromatic rings. The van der Waals surface area contributed by atoms with Crippen molar-refractivity contribution in [1.29, 1.82) is 5.26 Å².